The average molecular weight is 421 g/mol. The quantitative estimate of drug-likeness (QED) is 0.367. The van der Waals surface area contributed by atoms with Gasteiger partial charge in [-0.2, -0.15) is 5.10 Å². The summed E-state index contributed by atoms with van der Waals surface area (Å²) in [4.78, 5) is 17.0. The van der Waals surface area contributed by atoms with Crippen molar-refractivity contribution in [1.29, 1.82) is 0 Å². The van der Waals surface area contributed by atoms with Crippen LogP contribution in [0.5, 0.6) is 0 Å². The number of nitrogens with one attached hydrogen (secondary N) is 1. The molecule has 0 radical (unpaired) electrons. The number of halogens is 1. The number of rotatable bonds is 6. The molecule has 0 saturated heterocycles. The first-order chi connectivity index (χ1) is 14.5. The number of carbonyl (C=O) groups excluding carboxylic acids is 1. The topological polar surface area (TPSA) is 59.3 Å². The van der Waals surface area contributed by atoms with Gasteiger partial charge in [0.15, 0.2) is 5.65 Å². The molecule has 0 unspecified atom stereocenters. The Kier molecular flexibility index (Phi) is 5.81. The van der Waals surface area contributed by atoms with Crippen LogP contribution < -0.4 is 5.32 Å². The van der Waals surface area contributed by atoms with Gasteiger partial charge in [-0.15, -0.1) is 0 Å². The second-order valence-electron chi connectivity index (χ2n) is 7.03. The SMILES string of the molecule is Cc1cc(SCC(=O)NCc2ccccc2C)n2ncc(-c3ccc(F)cc3)c2n1. The van der Waals surface area contributed by atoms with E-state index in [1.807, 2.05) is 44.2 Å². The highest BCUT2D eigenvalue weighted by Crippen LogP contribution is 2.27. The summed E-state index contributed by atoms with van der Waals surface area (Å²) in [5, 5.41) is 8.25. The van der Waals surface area contributed by atoms with Crippen molar-refractivity contribution in [3.63, 3.8) is 0 Å². The van der Waals surface area contributed by atoms with Gasteiger partial charge in [-0.1, -0.05) is 48.2 Å². The smallest absolute Gasteiger partial charge is 0.230 e. The van der Waals surface area contributed by atoms with Crippen LogP contribution in [0.4, 0.5) is 4.39 Å². The van der Waals surface area contributed by atoms with E-state index in [2.05, 4.69) is 15.4 Å². The molecule has 4 rings (SSSR count). The van der Waals surface area contributed by atoms with Gasteiger partial charge >= 0.3 is 0 Å². The molecule has 0 bridgehead atoms. The van der Waals surface area contributed by atoms with Crippen LogP contribution in [0.2, 0.25) is 0 Å². The van der Waals surface area contributed by atoms with Crippen LogP contribution in [0.1, 0.15) is 16.8 Å². The maximum Gasteiger partial charge on any atom is 0.230 e. The number of hydrogen-bond donors (Lipinski definition) is 1. The lowest BCUT2D eigenvalue weighted by Gasteiger charge is -2.09. The third-order valence-electron chi connectivity index (χ3n) is 4.81. The fourth-order valence-corrected chi connectivity index (χ4v) is 4.07. The Balaban J connectivity index is 1.49. The van der Waals surface area contributed by atoms with E-state index >= 15 is 0 Å². The summed E-state index contributed by atoms with van der Waals surface area (Å²) in [5.74, 6) is -0.0556. The van der Waals surface area contributed by atoms with Crippen molar-refractivity contribution in [2.24, 2.45) is 0 Å². The standard InChI is InChI=1S/C23H21FN4OS/c1-15-5-3-4-6-18(15)12-25-21(29)14-30-22-11-16(2)27-23-20(13-26-28(22)23)17-7-9-19(24)10-8-17/h3-11,13H,12,14H2,1-2H3,(H,25,29). The second kappa shape index (κ2) is 8.67. The maximum absolute atomic E-state index is 13.3. The first-order valence-corrected chi connectivity index (χ1v) is 10.5. The Morgan fingerprint density at radius 1 is 1.13 bits per heavy atom. The van der Waals surface area contributed by atoms with Crippen LogP contribution >= 0.6 is 11.8 Å². The lowest BCUT2D eigenvalue weighted by molar-refractivity contribution is -0.118. The van der Waals surface area contributed by atoms with E-state index < -0.39 is 0 Å². The molecule has 0 aliphatic rings. The fourth-order valence-electron chi connectivity index (χ4n) is 3.18. The number of aryl methyl sites for hydroxylation is 2. The van der Waals surface area contributed by atoms with E-state index in [1.165, 1.54) is 23.9 Å². The van der Waals surface area contributed by atoms with Gasteiger partial charge in [-0.3, -0.25) is 4.79 Å². The molecule has 2 aromatic heterocycles. The van der Waals surface area contributed by atoms with Crippen LogP contribution in [-0.4, -0.2) is 26.3 Å². The van der Waals surface area contributed by atoms with Gasteiger partial charge in [0.25, 0.3) is 0 Å². The first-order valence-electron chi connectivity index (χ1n) is 9.56. The summed E-state index contributed by atoms with van der Waals surface area (Å²) in [7, 11) is 0. The van der Waals surface area contributed by atoms with E-state index in [1.54, 1.807) is 22.8 Å². The number of carbonyl (C=O) groups is 1. The van der Waals surface area contributed by atoms with Crippen molar-refractivity contribution in [2.75, 3.05) is 5.75 Å². The monoisotopic (exact) mass is 420 g/mol. The molecular formula is C23H21FN4OS. The Bertz CT molecular complexity index is 1200. The number of thioether (sulfide) groups is 1. The largest absolute Gasteiger partial charge is 0.351 e. The van der Waals surface area contributed by atoms with E-state index in [9.17, 15) is 9.18 Å². The molecule has 0 aliphatic heterocycles. The van der Waals surface area contributed by atoms with E-state index in [0.717, 1.165) is 33.0 Å². The lowest BCUT2D eigenvalue weighted by atomic mass is 10.1. The number of amides is 1. The van der Waals surface area contributed by atoms with Crippen molar-refractivity contribution in [1.82, 2.24) is 19.9 Å². The number of aromatic nitrogens is 3. The Morgan fingerprint density at radius 3 is 2.67 bits per heavy atom. The van der Waals surface area contributed by atoms with Gasteiger partial charge in [0.2, 0.25) is 5.91 Å². The van der Waals surface area contributed by atoms with Crippen LogP contribution in [0.25, 0.3) is 16.8 Å². The zero-order chi connectivity index (χ0) is 21.1. The molecule has 0 atom stereocenters. The van der Waals surface area contributed by atoms with Gasteiger partial charge in [-0.05, 0) is 48.7 Å². The highest BCUT2D eigenvalue weighted by atomic mass is 32.2. The molecule has 2 heterocycles. The van der Waals surface area contributed by atoms with Crippen LogP contribution in [0.3, 0.4) is 0 Å². The molecular weight excluding hydrogens is 399 g/mol. The predicted molar refractivity (Wildman–Crippen MR) is 117 cm³/mol. The summed E-state index contributed by atoms with van der Waals surface area (Å²) in [5.41, 5.74) is 5.44. The lowest BCUT2D eigenvalue weighted by Crippen LogP contribution is -2.25. The molecule has 1 N–H and O–H groups in total. The minimum atomic E-state index is -0.285. The van der Waals surface area contributed by atoms with Gasteiger partial charge in [0.05, 0.1) is 11.9 Å². The maximum atomic E-state index is 13.3. The predicted octanol–water partition coefficient (Wildman–Crippen LogP) is 4.56. The van der Waals surface area contributed by atoms with E-state index in [-0.39, 0.29) is 17.5 Å². The van der Waals surface area contributed by atoms with Gasteiger partial charge in [0, 0.05) is 17.8 Å². The van der Waals surface area contributed by atoms with Crippen molar-refractivity contribution in [2.45, 2.75) is 25.4 Å². The molecule has 0 spiro atoms. The number of benzene rings is 2. The number of fused-ring (bicyclic) bond motifs is 1. The average Bonchev–Trinajstić information content (AvgIpc) is 3.16. The molecule has 30 heavy (non-hydrogen) atoms. The summed E-state index contributed by atoms with van der Waals surface area (Å²) < 4.78 is 15.0. The highest BCUT2D eigenvalue weighted by molar-refractivity contribution is 7.99. The zero-order valence-corrected chi connectivity index (χ0v) is 17.5. The van der Waals surface area contributed by atoms with Crippen LogP contribution in [0, 0.1) is 19.7 Å². The molecule has 0 fully saturated rings. The highest BCUT2D eigenvalue weighted by Gasteiger charge is 2.14. The third-order valence-corrected chi connectivity index (χ3v) is 5.80. The van der Waals surface area contributed by atoms with Crippen molar-refractivity contribution >= 4 is 23.3 Å². The normalized spacial score (nSPS) is 11.0. The minimum absolute atomic E-state index is 0.0446. The van der Waals surface area contributed by atoms with Crippen molar-refractivity contribution < 1.29 is 9.18 Å². The molecule has 2 aromatic carbocycles. The summed E-state index contributed by atoms with van der Waals surface area (Å²) in [6.07, 6.45) is 1.72. The fraction of sp³-hybridized carbons (Fsp3) is 0.174. The summed E-state index contributed by atoms with van der Waals surface area (Å²) in [6, 6.07) is 16.2. The number of nitrogens with zero attached hydrogens (tertiary/aromatic N) is 3. The molecule has 0 saturated carbocycles. The molecule has 152 valence electrons. The molecule has 0 aliphatic carbocycles. The summed E-state index contributed by atoms with van der Waals surface area (Å²) in [6.45, 7) is 4.44. The Hall–Kier alpha value is -3.19. The first kappa shape index (κ1) is 20.1. The molecule has 7 heteroatoms. The second-order valence-corrected chi connectivity index (χ2v) is 8.02. The van der Waals surface area contributed by atoms with Crippen molar-refractivity contribution in [3.05, 3.63) is 83.4 Å². The Morgan fingerprint density at radius 2 is 1.90 bits per heavy atom. The summed E-state index contributed by atoms with van der Waals surface area (Å²) >= 11 is 1.41. The minimum Gasteiger partial charge on any atom is -0.351 e. The molecule has 4 aromatic rings. The van der Waals surface area contributed by atoms with Crippen molar-refractivity contribution in [3.8, 4) is 11.1 Å². The van der Waals surface area contributed by atoms with Gasteiger partial charge in [0.1, 0.15) is 10.8 Å². The van der Waals surface area contributed by atoms with Crippen LogP contribution in [0.15, 0.2) is 65.8 Å². The van der Waals surface area contributed by atoms with Gasteiger partial charge < -0.3 is 5.32 Å². The van der Waals surface area contributed by atoms with Crippen LogP contribution in [-0.2, 0) is 11.3 Å². The molecule has 1 amide bonds. The van der Waals surface area contributed by atoms with E-state index in [4.69, 9.17) is 0 Å². The molecule has 5 nitrogen and oxygen atoms in total. The van der Waals surface area contributed by atoms with Gasteiger partial charge in [-0.25, -0.2) is 13.9 Å². The van der Waals surface area contributed by atoms with E-state index in [0.29, 0.717) is 12.2 Å². The zero-order valence-electron chi connectivity index (χ0n) is 16.7. The number of hydrogen-bond acceptors (Lipinski definition) is 4. The third kappa shape index (κ3) is 4.36. The Labute approximate surface area is 178 Å².